The monoisotopic (exact) mass is 416 g/mol. The van der Waals surface area contributed by atoms with E-state index < -0.39 is 16.2 Å². The van der Waals surface area contributed by atoms with Crippen LogP contribution < -0.4 is 16.0 Å². The lowest BCUT2D eigenvalue weighted by molar-refractivity contribution is -0.386. The Morgan fingerprint density at radius 1 is 1.34 bits per heavy atom. The molecule has 0 bridgehead atoms. The Labute approximate surface area is 169 Å². The van der Waals surface area contributed by atoms with Crippen molar-refractivity contribution < 1.29 is 9.66 Å². The van der Waals surface area contributed by atoms with Gasteiger partial charge in [0.25, 0.3) is 5.56 Å². The second-order valence-electron chi connectivity index (χ2n) is 6.27. The van der Waals surface area contributed by atoms with Crippen LogP contribution in [0.4, 0.5) is 5.69 Å². The highest BCUT2D eigenvalue weighted by Gasteiger charge is 2.22. The zero-order valence-corrected chi connectivity index (χ0v) is 16.3. The third-order valence-corrected chi connectivity index (χ3v) is 4.47. The van der Waals surface area contributed by atoms with Gasteiger partial charge >= 0.3 is 11.4 Å². The average molecular weight is 417 g/mol. The van der Waals surface area contributed by atoms with Gasteiger partial charge in [-0.25, -0.2) is 4.79 Å². The number of hydrogen-bond donors (Lipinski definition) is 1. The van der Waals surface area contributed by atoms with Crippen molar-refractivity contribution in [3.8, 4) is 5.75 Å². The van der Waals surface area contributed by atoms with E-state index in [1.54, 1.807) is 31.2 Å². The molecule has 0 spiro atoms. The molecule has 0 fully saturated rings. The van der Waals surface area contributed by atoms with Gasteiger partial charge in [-0.15, -0.1) is 4.68 Å². The van der Waals surface area contributed by atoms with Gasteiger partial charge in [-0.1, -0.05) is 30.7 Å². The van der Waals surface area contributed by atoms with E-state index in [0.717, 1.165) is 6.21 Å². The Kier molecular flexibility index (Phi) is 5.79. The summed E-state index contributed by atoms with van der Waals surface area (Å²) >= 11 is 6.00. The fraction of sp³-hybridized carbons (Fsp3) is 0.211. The smallest absolute Gasteiger partial charge is 0.349 e. The maximum absolute atomic E-state index is 12.6. The van der Waals surface area contributed by atoms with E-state index in [4.69, 9.17) is 16.3 Å². The van der Waals surface area contributed by atoms with Crippen molar-refractivity contribution in [2.24, 2.45) is 5.10 Å². The van der Waals surface area contributed by atoms with E-state index in [1.807, 2.05) is 6.92 Å². The largest absolute Gasteiger partial charge is 0.483 e. The number of nitro groups is 1. The molecule has 2 aromatic carbocycles. The lowest BCUT2D eigenvalue weighted by Gasteiger charge is -2.15. The van der Waals surface area contributed by atoms with Crippen LogP contribution in [0.25, 0.3) is 10.9 Å². The highest BCUT2D eigenvalue weighted by Crippen LogP contribution is 2.34. The van der Waals surface area contributed by atoms with Crippen molar-refractivity contribution in [2.75, 3.05) is 0 Å². The summed E-state index contributed by atoms with van der Waals surface area (Å²) in [5, 5.41) is 15.7. The van der Waals surface area contributed by atoms with Gasteiger partial charge in [-0.2, -0.15) is 5.10 Å². The number of aromatic nitrogens is 2. The first-order valence-corrected chi connectivity index (χ1v) is 9.12. The first-order chi connectivity index (χ1) is 13.8. The molecule has 0 amide bonds. The number of rotatable bonds is 6. The van der Waals surface area contributed by atoms with Gasteiger partial charge < -0.3 is 9.72 Å². The molecule has 1 atom stereocenters. The van der Waals surface area contributed by atoms with E-state index in [-0.39, 0.29) is 33.5 Å². The SMILES string of the molecule is CC[C@@H](C)Oc1c(C=Nn2c(=O)[nH]c3ccccc3c2=O)cc(Cl)cc1[N+](=O)[O-]. The normalized spacial score (nSPS) is 12.4. The quantitative estimate of drug-likeness (QED) is 0.375. The van der Waals surface area contributed by atoms with Crippen LogP contribution in [-0.4, -0.2) is 26.9 Å². The molecule has 150 valence electrons. The van der Waals surface area contributed by atoms with Gasteiger partial charge in [0.1, 0.15) is 0 Å². The van der Waals surface area contributed by atoms with E-state index in [9.17, 15) is 19.7 Å². The zero-order valence-electron chi connectivity index (χ0n) is 15.6. The first-order valence-electron chi connectivity index (χ1n) is 8.74. The Morgan fingerprint density at radius 2 is 2.07 bits per heavy atom. The summed E-state index contributed by atoms with van der Waals surface area (Å²) in [6.45, 7) is 3.63. The van der Waals surface area contributed by atoms with E-state index in [0.29, 0.717) is 16.6 Å². The molecule has 29 heavy (non-hydrogen) atoms. The van der Waals surface area contributed by atoms with Gasteiger partial charge in [0, 0.05) is 16.7 Å². The molecule has 3 rings (SSSR count). The van der Waals surface area contributed by atoms with Crippen molar-refractivity contribution >= 4 is 34.4 Å². The Morgan fingerprint density at radius 3 is 2.76 bits per heavy atom. The molecule has 0 saturated carbocycles. The predicted molar refractivity (Wildman–Crippen MR) is 110 cm³/mol. The van der Waals surface area contributed by atoms with Crippen LogP contribution in [0, 0.1) is 10.1 Å². The highest BCUT2D eigenvalue weighted by atomic mass is 35.5. The summed E-state index contributed by atoms with van der Waals surface area (Å²) in [5.41, 5.74) is -1.15. The van der Waals surface area contributed by atoms with Gasteiger partial charge in [0.05, 0.1) is 28.1 Å². The second-order valence-corrected chi connectivity index (χ2v) is 6.71. The van der Waals surface area contributed by atoms with Crippen LogP contribution in [0.15, 0.2) is 51.1 Å². The topological polar surface area (TPSA) is 120 Å². The molecule has 0 radical (unpaired) electrons. The summed E-state index contributed by atoms with van der Waals surface area (Å²) in [5.74, 6) is -0.0391. The van der Waals surface area contributed by atoms with Crippen LogP contribution in [0.5, 0.6) is 5.75 Å². The number of H-pyrrole nitrogens is 1. The number of nitrogens with zero attached hydrogens (tertiary/aromatic N) is 3. The molecule has 10 heteroatoms. The zero-order chi connectivity index (χ0) is 21.1. The number of nitrogens with one attached hydrogen (secondary N) is 1. The van der Waals surface area contributed by atoms with Gasteiger partial charge in [0.15, 0.2) is 0 Å². The number of fused-ring (bicyclic) bond motifs is 1. The fourth-order valence-corrected chi connectivity index (χ4v) is 2.84. The number of hydrogen-bond acceptors (Lipinski definition) is 6. The number of nitro benzene ring substituents is 1. The van der Waals surface area contributed by atoms with Crippen LogP contribution >= 0.6 is 11.6 Å². The molecule has 1 N–H and O–H groups in total. The molecule has 0 aliphatic rings. The fourth-order valence-electron chi connectivity index (χ4n) is 2.62. The number of benzene rings is 2. The predicted octanol–water partition coefficient (Wildman–Crippen LogP) is 3.31. The summed E-state index contributed by atoms with van der Waals surface area (Å²) in [7, 11) is 0. The maximum atomic E-state index is 12.6. The molecule has 1 heterocycles. The van der Waals surface area contributed by atoms with E-state index >= 15 is 0 Å². The lowest BCUT2D eigenvalue weighted by atomic mass is 10.1. The summed E-state index contributed by atoms with van der Waals surface area (Å²) in [4.78, 5) is 38.2. The Balaban J connectivity index is 2.16. The van der Waals surface area contributed by atoms with Crippen LogP contribution in [0.1, 0.15) is 25.8 Å². The van der Waals surface area contributed by atoms with Gasteiger partial charge in [-0.3, -0.25) is 14.9 Å². The lowest BCUT2D eigenvalue weighted by Crippen LogP contribution is -2.32. The highest BCUT2D eigenvalue weighted by molar-refractivity contribution is 6.31. The third kappa shape index (κ3) is 4.19. The van der Waals surface area contributed by atoms with Crippen molar-refractivity contribution in [3.05, 3.63) is 77.9 Å². The minimum absolute atomic E-state index is 0.0391. The number of ether oxygens (including phenoxy) is 1. The van der Waals surface area contributed by atoms with Crippen LogP contribution in [0.2, 0.25) is 5.02 Å². The molecule has 0 aliphatic heterocycles. The van der Waals surface area contributed by atoms with Gasteiger partial charge in [0.2, 0.25) is 5.75 Å². The van der Waals surface area contributed by atoms with E-state index in [2.05, 4.69) is 10.1 Å². The first kappa shape index (κ1) is 20.3. The number of aromatic amines is 1. The third-order valence-electron chi connectivity index (χ3n) is 4.25. The Bertz CT molecular complexity index is 1230. The second kappa shape index (κ2) is 8.27. The summed E-state index contributed by atoms with van der Waals surface area (Å²) in [6, 6.07) is 9.09. The summed E-state index contributed by atoms with van der Waals surface area (Å²) < 4.78 is 6.34. The van der Waals surface area contributed by atoms with E-state index in [1.165, 1.54) is 12.1 Å². The maximum Gasteiger partial charge on any atom is 0.349 e. The number of para-hydroxylation sites is 1. The molecule has 9 nitrogen and oxygen atoms in total. The van der Waals surface area contributed by atoms with Crippen molar-refractivity contribution in [2.45, 2.75) is 26.4 Å². The molecular formula is C19H17ClN4O5. The molecule has 0 unspecified atom stereocenters. The molecule has 1 aromatic heterocycles. The molecule has 3 aromatic rings. The minimum Gasteiger partial charge on any atom is -0.483 e. The summed E-state index contributed by atoms with van der Waals surface area (Å²) in [6.07, 6.45) is 1.44. The molecule has 0 saturated heterocycles. The van der Waals surface area contributed by atoms with Crippen molar-refractivity contribution in [3.63, 3.8) is 0 Å². The molecular weight excluding hydrogens is 400 g/mol. The minimum atomic E-state index is -0.745. The van der Waals surface area contributed by atoms with Crippen molar-refractivity contribution in [1.82, 2.24) is 9.66 Å². The number of halogens is 1. The van der Waals surface area contributed by atoms with Gasteiger partial charge in [-0.05, 0) is 31.5 Å². The van der Waals surface area contributed by atoms with Crippen molar-refractivity contribution in [1.29, 1.82) is 0 Å². The molecule has 0 aliphatic carbocycles. The Hall–Kier alpha value is -3.46. The van der Waals surface area contributed by atoms with Crippen LogP contribution in [0.3, 0.4) is 0 Å². The standard InChI is InChI=1S/C19H17ClN4O5/c1-3-11(2)29-17-12(8-13(20)9-16(17)24(27)28)10-21-23-18(25)14-6-4-5-7-15(14)22-19(23)26/h4-11H,3H2,1-2H3,(H,22,26)/t11-/m1/s1. The van der Waals surface area contributed by atoms with Crippen LogP contribution in [-0.2, 0) is 0 Å². The average Bonchev–Trinajstić information content (AvgIpc) is 2.68.